The van der Waals surface area contributed by atoms with E-state index >= 15 is 0 Å². The maximum Gasteiger partial charge on any atom is 0.271 e. The lowest BCUT2D eigenvalue weighted by Gasteiger charge is -2.03. The van der Waals surface area contributed by atoms with Crippen LogP contribution in [0.5, 0.6) is 0 Å². The van der Waals surface area contributed by atoms with E-state index in [9.17, 15) is 20.2 Å². The summed E-state index contributed by atoms with van der Waals surface area (Å²) in [5.41, 5.74) is 0.502. The van der Waals surface area contributed by atoms with E-state index in [-0.39, 0.29) is 16.9 Å². The quantitative estimate of drug-likeness (QED) is 0.282. The van der Waals surface area contributed by atoms with Gasteiger partial charge in [-0.05, 0) is 30.3 Å². The van der Waals surface area contributed by atoms with Crippen LogP contribution in [0.1, 0.15) is 5.76 Å². The Labute approximate surface area is 164 Å². The lowest BCUT2D eigenvalue weighted by atomic mass is 10.2. The summed E-state index contributed by atoms with van der Waals surface area (Å²) < 4.78 is 5.65. The molecule has 0 bridgehead atoms. The minimum absolute atomic E-state index is 0.171. The first-order valence-electron chi connectivity index (χ1n) is 8.00. The van der Waals surface area contributed by atoms with Gasteiger partial charge in [0.1, 0.15) is 23.2 Å². The van der Waals surface area contributed by atoms with Crippen molar-refractivity contribution in [3.8, 4) is 17.4 Å². The molecule has 0 aliphatic carbocycles. The van der Waals surface area contributed by atoms with Gasteiger partial charge in [0.25, 0.3) is 11.6 Å². The molecule has 0 fully saturated rings. The first kappa shape index (κ1) is 18.9. The number of nitrogens with one attached hydrogen (secondary N) is 1. The molecule has 3 aromatic rings. The molecule has 0 spiro atoms. The normalized spacial score (nSPS) is 10.9. The van der Waals surface area contributed by atoms with Gasteiger partial charge in [-0.25, -0.2) is 0 Å². The van der Waals surface area contributed by atoms with Crippen molar-refractivity contribution in [3.05, 3.63) is 87.1 Å². The average Bonchev–Trinajstić information content (AvgIpc) is 3.15. The van der Waals surface area contributed by atoms with Crippen LogP contribution in [0.15, 0.2) is 70.7 Å². The van der Waals surface area contributed by atoms with Gasteiger partial charge in [0.15, 0.2) is 0 Å². The molecular weight excluding hydrogens is 382 g/mol. The number of nitriles is 1. The highest BCUT2D eigenvalue weighted by atomic mass is 35.5. The van der Waals surface area contributed by atoms with Crippen molar-refractivity contribution in [1.29, 1.82) is 5.26 Å². The number of nitro benzene ring substituents is 1. The molecule has 7 nitrogen and oxygen atoms in total. The fourth-order valence-electron chi connectivity index (χ4n) is 2.42. The Balaban J connectivity index is 1.82. The van der Waals surface area contributed by atoms with Gasteiger partial charge in [-0.15, -0.1) is 0 Å². The maximum absolute atomic E-state index is 12.3. The summed E-state index contributed by atoms with van der Waals surface area (Å²) in [7, 11) is 0. The molecule has 28 heavy (non-hydrogen) atoms. The van der Waals surface area contributed by atoms with Crippen molar-refractivity contribution in [2.24, 2.45) is 0 Å². The van der Waals surface area contributed by atoms with Crippen LogP contribution in [0.4, 0.5) is 11.4 Å². The Bertz CT molecular complexity index is 1130. The van der Waals surface area contributed by atoms with Crippen LogP contribution in [-0.4, -0.2) is 10.8 Å². The van der Waals surface area contributed by atoms with Gasteiger partial charge < -0.3 is 9.73 Å². The van der Waals surface area contributed by atoms with E-state index < -0.39 is 10.8 Å². The first-order valence-corrected chi connectivity index (χ1v) is 8.38. The maximum atomic E-state index is 12.3. The van der Waals surface area contributed by atoms with Crippen molar-refractivity contribution in [2.75, 3.05) is 5.32 Å². The van der Waals surface area contributed by atoms with Crippen LogP contribution in [-0.2, 0) is 4.79 Å². The summed E-state index contributed by atoms with van der Waals surface area (Å²) in [5, 5.41) is 23.1. The smallest absolute Gasteiger partial charge is 0.271 e. The summed E-state index contributed by atoms with van der Waals surface area (Å²) in [6.45, 7) is 0. The van der Waals surface area contributed by atoms with E-state index in [0.717, 1.165) is 0 Å². The number of non-ortho nitro benzene ring substituents is 1. The van der Waals surface area contributed by atoms with Crippen molar-refractivity contribution in [1.82, 2.24) is 0 Å². The zero-order valence-corrected chi connectivity index (χ0v) is 15.0. The summed E-state index contributed by atoms with van der Waals surface area (Å²) in [6, 6.07) is 17.6. The topological polar surface area (TPSA) is 109 Å². The molecule has 0 atom stereocenters. The number of rotatable bonds is 5. The fourth-order valence-corrected chi connectivity index (χ4v) is 2.65. The van der Waals surface area contributed by atoms with Crippen molar-refractivity contribution >= 4 is 35.0 Å². The molecule has 1 amide bonds. The minimum Gasteiger partial charge on any atom is -0.457 e. The molecule has 3 rings (SSSR count). The van der Waals surface area contributed by atoms with Gasteiger partial charge in [-0.1, -0.05) is 29.8 Å². The largest absolute Gasteiger partial charge is 0.457 e. The number of nitrogens with zero attached hydrogens (tertiary/aromatic N) is 2. The Kier molecular flexibility index (Phi) is 5.53. The second-order valence-corrected chi connectivity index (χ2v) is 6.02. The van der Waals surface area contributed by atoms with Crippen LogP contribution in [0.25, 0.3) is 17.4 Å². The van der Waals surface area contributed by atoms with Gasteiger partial charge >= 0.3 is 0 Å². The van der Waals surface area contributed by atoms with Gasteiger partial charge in [-0.3, -0.25) is 14.9 Å². The molecule has 1 N–H and O–H groups in total. The van der Waals surface area contributed by atoms with Crippen molar-refractivity contribution < 1.29 is 14.1 Å². The van der Waals surface area contributed by atoms with Crippen LogP contribution in [0.3, 0.4) is 0 Å². The lowest BCUT2D eigenvalue weighted by molar-refractivity contribution is -0.384. The third-order valence-electron chi connectivity index (χ3n) is 3.73. The predicted molar refractivity (Wildman–Crippen MR) is 104 cm³/mol. The third kappa shape index (κ3) is 4.26. The number of furan rings is 1. The molecule has 0 radical (unpaired) electrons. The Morgan fingerprint density at radius 1 is 1.18 bits per heavy atom. The highest BCUT2D eigenvalue weighted by molar-refractivity contribution is 6.33. The van der Waals surface area contributed by atoms with E-state index in [0.29, 0.717) is 22.1 Å². The Hall–Kier alpha value is -3.89. The van der Waals surface area contributed by atoms with E-state index in [1.54, 1.807) is 36.4 Å². The molecule has 138 valence electrons. The third-order valence-corrected chi connectivity index (χ3v) is 4.06. The van der Waals surface area contributed by atoms with Gasteiger partial charge in [0, 0.05) is 29.5 Å². The Morgan fingerprint density at radius 2 is 1.96 bits per heavy atom. The lowest BCUT2D eigenvalue weighted by Crippen LogP contribution is -2.13. The van der Waals surface area contributed by atoms with E-state index in [1.165, 1.54) is 30.3 Å². The highest BCUT2D eigenvalue weighted by Gasteiger charge is 2.14. The monoisotopic (exact) mass is 393 g/mol. The van der Waals surface area contributed by atoms with Crippen LogP contribution in [0, 0.1) is 21.4 Å². The highest BCUT2D eigenvalue weighted by Crippen LogP contribution is 2.29. The van der Waals surface area contributed by atoms with E-state index in [4.69, 9.17) is 16.0 Å². The molecule has 1 aromatic heterocycles. The second-order valence-electron chi connectivity index (χ2n) is 5.61. The van der Waals surface area contributed by atoms with Crippen LogP contribution >= 0.6 is 11.6 Å². The first-order chi connectivity index (χ1) is 13.5. The van der Waals surface area contributed by atoms with Gasteiger partial charge in [-0.2, -0.15) is 5.26 Å². The summed E-state index contributed by atoms with van der Waals surface area (Å²) in [4.78, 5) is 22.6. The van der Waals surface area contributed by atoms with E-state index in [2.05, 4.69) is 5.32 Å². The molecule has 0 unspecified atom stereocenters. The summed E-state index contributed by atoms with van der Waals surface area (Å²) in [5.74, 6) is 0.0765. The Morgan fingerprint density at radius 3 is 2.68 bits per heavy atom. The minimum atomic E-state index is -0.710. The number of carbonyl (C=O) groups excluding carboxylic acids is 1. The van der Waals surface area contributed by atoms with Gasteiger partial charge in [0.2, 0.25) is 0 Å². The second kappa shape index (κ2) is 8.20. The predicted octanol–water partition coefficient (Wildman–Crippen LogP) is 5.05. The summed E-state index contributed by atoms with van der Waals surface area (Å²) in [6.07, 6.45) is 1.28. The average molecular weight is 394 g/mol. The molecular formula is C20H12ClN3O4. The number of anilines is 1. The fraction of sp³-hybridized carbons (Fsp3) is 0. The number of hydrogen-bond donors (Lipinski definition) is 1. The summed E-state index contributed by atoms with van der Waals surface area (Å²) >= 11 is 6.14. The van der Waals surface area contributed by atoms with Crippen molar-refractivity contribution in [2.45, 2.75) is 0 Å². The standard InChI is InChI=1S/C20H12ClN3O4/c21-18-7-2-1-6-17(18)19-9-8-16(28-19)10-13(12-22)20(25)23-14-4-3-5-15(11-14)24(26)27/h1-11H,(H,23,25)/b13-10+. The molecule has 0 saturated heterocycles. The molecule has 0 aliphatic heterocycles. The van der Waals surface area contributed by atoms with Crippen LogP contribution in [0.2, 0.25) is 5.02 Å². The molecule has 1 heterocycles. The number of amides is 1. The molecule has 0 saturated carbocycles. The molecule has 2 aromatic carbocycles. The molecule has 0 aliphatic rings. The van der Waals surface area contributed by atoms with Gasteiger partial charge in [0.05, 0.1) is 9.95 Å². The number of benzene rings is 2. The number of nitro groups is 1. The van der Waals surface area contributed by atoms with E-state index in [1.807, 2.05) is 6.07 Å². The zero-order chi connectivity index (χ0) is 20.1. The SMILES string of the molecule is N#C/C(=C\c1ccc(-c2ccccc2Cl)o1)C(=O)Nc1cccc([N+](=O)[O-])c1. The molecule has 8 heteroatoms. The number of halogens is 1. The van der Waals surface area contributed by atoms with Crippen molar-refractivity contribution in [3.63, 3.8) is 0 Å². The zero-order valence-electron chi connectivity index (χ0n) is 14.3. The number of carbonyl (C=O) groups is 1. The van der Waals surface area contributed by atoms with Crippen LogP contribution < -0.4 is 5.32 Å². The number of hydrogen-bond acceptors (Lipinski definition) is 5.